The number of esters is 1. The van der Waals surface area contributed by atoms with Gasteiger partial charge in [-0.15, -0.1) is 0 Å². The van der Waals surface area contributed by atoms with Gasteiger partial charge in [-0.1, -0.05) is 29.4 Å². The Morgan fingerprint density at radius 2 is 1.84 bits per heavy atom. The number of azide groups is 1. The standard InChI is InChI=1S/C28H39N5O4S/c1-19-7-8-21(15-20(19)2)9-11-23(18-37-26(34)28(3,4)5)32-27(38)30-17-22-10-12-24(25(16-22)35-6)36-14-13-31-33-29/h7-8,10,12,15-16,23H,9,11,13-14,17-18H2,1-6H3,(H2,30,32,38). The molecule has 0 aliphatic heterocycles. The second-order valence-corrected chi connectivity index (χ2v) is 10.5. The maximum atomic E-state index is 12.4. The highest BCUT2D eigenvalue weighted by Crippen LogP contribution is 2.28. The molecule has 2 aromatic carbocycles. The van der Waals surface area contributed by atoms with Gasteiger partial charge >= 0.3 is 5.97 Å². The Balaban J connectivity index is 1.98. The van der Waals surface area contributed by atoms with Gasteiger partial charge in [0.15, 0.2) is 16.6 Å². The van der Waals surface area contributed by atoms with Gasteiger partial charge in [0.1, 0.15) is 6.61 Å². The molecule has 0 bridgehead atoms. The van der Waals surface area contributed by atoms with Crippen LogP contribution in [0.25, 0.3) is 10.4 Å². The van der Waals surface area contributed by atoms with Crippen molar-refractivity contribution in [1.29, 1.82) is 0 Å². The van der Waals surface area contributed by atoms with Crippen molar-refractivity contribution < 1.29 is 19.0 Å². The summed E-state index contributed by atoms with van der Waals surface area (Å²) >= 11 is 5.56. The number of methoxy groups -OCH3 is 1. The monoisotopic (exact) mass is 541 g/mol. The van der Waals surface area contributed by atoms with E-state index in [0.29, 0.717) is 23.2 Å². The molecule has 0 aliphatic carbocycles. The third kappa shape index (κ3) is 10.5. The summed E-state index contributed by atoms with van der Waals surface area (Å²) in [6.07, 6.45) is 1.57. The lowest BCUT2D eigenvalue weighted by Gasteiger charge is -2.24. The average molecular weight is 542 g/mol. The van der Waals surface area contributed by atoms with E-state index >= 15 is 0 Å². The van der Waals surface area contributed by atoms with Gasteiger partial charge in [-0.2, -0.15) is 0 Å². The summed E-state index contributed by atoms with van der Waals surface area (Å²) in [5, 5.41) is 10.5. The minimum Gasteiger partial charge on any atom is -0.493 e. The number of carbonyl (C=O) groups is 1. The van der Waals surface area contributed by atoms with E-state index in [9.17, 15) is 4.79 Å². The molecule has 0 aliphatic rings. The second-order valence-electron chi connectivity index (χ2n) is 10.1. The molecule has 0 heterocycles. The van der Waals surface area contributed by atoms with Gasteiger partial charge in [-0.05, 0) is 99.6 Å². The van der Waals surface area contributed by atoms with E-state index in [1.165, 1.54) is 16.7 Å². The number of thiocarbonyl (C=S) groups is 1. The van der Waals surface area contributed by atoms with E-state index in [1.54, 1.807) is 13.2 Å². The van der Waals surface area contributed by atoms with Gasteiger partial charge in [0.25, 0.3) is 0 Å². The van der Waals surface area contributed by atoms with Gasteiger partial charge in [0, 0.05) is 11.5 Å². The molecule has 0 radical (unpaired) electrons. The van der Waals surface area contributed by atoms with Crippen LogP contribution in [0.15, 0.2) is 41.5 Å². The van der Waals surface area contributed by atoms with Crippen LogP contribution in [0.4, 0.5) is 0 Å². The van der Waals surface area contributed by atoms with E-state index in [0.717, 1.165) is 18.4 Å². The molecule has 38 heavy (non-hydrogen) atoms. The van der Waals surface area contributed by atoms with Crippen LogP contribution in [-0.2, 0) is 22.5 Å². The second kappa shape index (κ2) is 15.1. The molecule has 0 amide bonds. The highest BCUT2D eigenvalue weighted by Gasteiger charge is 2.24. The number of rotatable bonds is 13. The molecule has 1 unspecified atom stereocenters. The van der Waals surface area contributed by atoms with Gasteiger partial charge < -0.3 is 24.8 Å². The van der Waals surface area contributed by atoms with Gasteiger partial charge in [-0.25, -0.2) is 0 Å². The van der Waals surface area contributed by atoms with Crippen LogP contribution in [0.1, 0.15) is 49.4 Å². The Hall–Kier alpha value is -3.49. The topological polar surface area (TPSA) is 118 Å². The summed E-state index contributed by atoms with van der Waals surface area (Å²) in [4.78, 5) is 15.1. The first-order valence-corrected chi connectivity index (χ1v) is 13.0. The van der Waals surface area contributed by atoms with Crippen LogP contribution >= 0.6 is 12.2 Å². The van der Waals surface area contributed by atoms with Crippen molar-refractivity contribution in [3.63, 3.8) is 0 Å². The van der Waals surface area contributed by atoms with Crippen LogP contribution in [0, 0.1) is 19.3 Å². The maximum absolute atomic E-state index is 12.4. The molecule has 0 spiro atoms. The lowest BCUT2D eigenvalue weighted by atomic mass is 9.97. The number of ether oxygens (including phenoxy) is 3. The fourth-order valence-corrected chi connectivity index (χ4v) is 3.73. The summed E-state index contributed by atoms with van der Waals surface area (Å²) < 4.78 is 16.7. The molecular weight excluding hydrogens is 502 g/mol. The summed E-state index contributed by atoms with van der Waals surface area (Å²) in [5.74, 6) is 0.893. The van der Waals surface area contributed by atoms with E-state index < -0.39 is 5.41 Å². The largest absolute Gasteiger partial charge is 0.493 e. The fourth-order valence-electron chi connectivity index (χ4n) is 3.49. The third-order valence-electron chi connectivity index (χ3n) is 5.91. The molecule has 0 saturated heterocycles. The van der Waals surface area contributed by atoms with Crippen LogP contribution in [0.2, 0.25) is 0 Å². The zero-order valence-electron chi connectivity index (χ0n) is 23.2. The van der Waals surface area contributed by atoms with Crippen molar-refractivity contribution in [3.8, 4) is 11.5 Å². The lowest BCUT2D eigenvalue weighted by Crippen LogP contribution is -2.45. The molecule has 206 valence electrons. The average Bonchev–Trinajstić information content (AvgIpc) is 2.88. The van der Waals surface area contributed by atoms with Gasteiger partial charge in [0.2, 0.25) is 0 Å². The molecule has 0 aromatic heterocycles. The number of hydrogen-bond donors (Lipinski definition) is 2. The third-order valence-corrected chi connectivity index (χ3v) is 6.17. The zero-order chi connectivity index (χ0) is 28.1. The van der Waals surface area contributed by atoms with Crippen LogP contribution < -0.4 is 20.1 Å². The van der Waals surface area contributed by atoms with Crippen LogP contribution in [0.5, 0.6) is 11.5 Å². The van der Waals surface area contributed by atoms with Crippen LogP contribution in [-0.4, -0.2) is 44.0 Å². The summed E-state index contributed by atoms with van der Waals surface area (Å²) in [6.45, 7) is 10.9. The molecule has 9 nitrogen and oxygen atoms in total. The Kier molecular flexibility index (Phi) is 12.2. The van der Waals surface area contributed by atoms with Crippen molar-refractivity contribution in [2.75, 3.05) is 26.9 Å². The number of aryl methyl sites for hydroxylation is 3. The van der Waals surface area contributed by atoms with Crippen molar-refractivity contribution in [2.24, 2.45) is 10.5 Å². The first-order chi connectivity index (χ1) is 18.0. The molecule has 10 heteroatoms. The number of carbonyl (C=O) groups excluding carboxylic acids is 1. The summed E-state index contributed by atoms with van der Waals surface area (Å²) in [5.41, 5.74) is 12.5. The van der Waals surface area contributed by atoms with Crippen molar-refractivity contribution in [2.45, 2.75) is 60.0 Å². The zero-order valence-corrected chi connectivity index (χ0v) is 24.0. The maximum Gasteiger partial charge on any atom is 0.311 e. The van der Waals surface area contributed by atoms with Crippen molar-refractivity contribution in [3.05, 3.63) is 69.1 Å². The fraction of sp³-hybridized carbons (Fsp3) is 0.500. The highest BCUT2D eigenvalue weighted by atomic mass is 32.1. The predicted octanol–water partition coefficient (Wildman–Crippen LogP) is 5.56. The molecular formula is C28H39N5O4S. The van der Waals surface area contributed by atoms with Gasteiger partial charge in [-0.3, -0.25) is 4.79 Å². The predicted molar refractivity (Wildman–Crippen MR) is 154 cm³/mol. The Bertz CT molecular complexity index is 1140. The SMILES string of the molecule is COc1cc(CNC(=S)NC(CCc2ccc(C)c(C)c2)COC(=O)C(C)(C)C)ccc1OCCN=[N+]=[N-]. The quantitative estimate of drug-likeness (QED) is 0.0852. The smallest absolute Gasteiger partial charge is 0.311 e. The minimum absolute atomic E-state index is 0.149. The number of hydrogen-bond acceptors (Lipinski definition) is 6. The number of nitrogens with zero attached hydrogens (tertiary/aromatic N) is 3. The van der Waals surface area contributed by atoms with E-state index in [-0.39, 0.29) is 31.8 Å². The van der Waals surface area contributed by atoms with E-state index in [2.05, 4.69) is 52.7 Å². The Morgan fingerprint density at radius 3 is 2.50 bits per heavy atom. The highest BCUT2D eigenvalue weighted by molar-refractivity contribution is 7.80. The lowest BCUT2D eigenvalue weighted by molar-refractivity contribution is -0.153. The van der Waals surface area contributed by atoms with Crippen molar-refractivity contribution in [1.82, 2.24) is 10.6 Å². The van der Waals surface area contributed by atoms with Crippen molar-refractivity contribution >= 4 is 23.3 Å². The first kappa shape index (κ1) is 30.7. The Labute approximate surface area is 230 Å². The molecule has 1 atom stereocenters. The summed E-state index contributed by atoms with van der Waals surface area (Å²) in [6, 6.07) is 11.9. The molecule has 2 rings (SSSR count). The Morgan fingerprint density at radius 1 is 1.11 bits per heavy atom. The first-order valence-electron chi connectivity index (χ1n) is 12.6. The number of benzene rings is 2. The van der Waals surface area contributed by atoms with E-state index in [4.69, 9.17) is 32.0 Å². The molecule has 0 fully saturated rings. The molecule has 0 saturated carbocycles. The normalized spacial score (nSPS) is 11.6. The van der Waals surface area contributed by atoms with Gasteiger partial charge in [0.05, 0.1) is 31.7 Å². The van der Waals surface area contributed by atoms with E-state index in [1.807, 2.05) is 32.9 Å². The van der Waals surface area contributed by atoms with Crippen LogP contribution in [0.3, 0.4) is 0 Å². The molecule has 2 aromatic rings. The molecule has 2 N–H and O–H groups in total. The minimum atomic E-state index is -0.574. The summed E-state index contributed by atoms with van der Waals surface area (Å²) in [7, 11) is 1.57. The number of nitrogens with one attached hydrogen (secondary N) is 2.